The van der Waals surface area contributed by atoms with Crippen LogP contribution in [-0.4, -0.2) is 65.0 Å². The lowest BCUT2D eigenvalue weighted by Gasteiger charge is -2.38. The van der Waals surface area contributed by atoms with E-state index in [9.17, 15) is 14.4 Å². The molecule has 2 amide bonds. The number of carbonyl (C=O) groups excluding carboxylic acids is 2. The number of carboxylic acids is 1. The van der Waals surface area contributed by atoms with Crippen molar-refractivity contribution in [2.75, 3.05) is 26.2 Å². The maximum absolute atomic E-state index is 12.9. The minimum Gasteiger partial charge on any atom is -0.481 e. The maximum atomic E-state index is 12.9. The second-order valence-electron chi connectivity index (χ2n) is 6.81. The van der Waals surface area contributed by atoms with Gasteiger partial charge in [-0.15, -0.1) is 0 Å². The summed E-state index contributed by atoms with van der Waals surface area (Å²) in [4.78, 5) is 39.2. The third-order valence-electron chi connectivity index (χ3n) is 5.08. The van der Waals surface area contributed by atoms with Crippen LogP contribution in [0.25, 0.3) is 0 Å². The smallest absolute Gasteiger partial charge is 0.306 e. The van der Waals surface area contributed by atoms with E-state index in [0.717, 1.165) is 12.0 Å². The van der Waals surface area contributed by atoms with Crippen LogP contribution in [-0.2, 0) is 25.5 Å². The first-order chi connectivity index (χ1) is 12.5. The molecule has 7 nitrogen and oxygen atoms in total. The lowest BCUT2D eigenvalue weighted by molar-refractivity contribution is -0.149. The van der Waals surface area contributed by atoms with Gasteiger partial charge in [-0.05, 0) is 17.5 Å². The molecule has 1 fully saturated rings. The summed E-state index contributed by atoms with van der Waals surface area (Å²) in [5.74, 6) is -1.05. The Kier molecular flexibility index (Phi) is 5.56. The summed E-state index contributed by atoms with van der Waals surface area (Å²) in [7, 11) is 0. The van der Waals surface area contributed by atoms with Gasteiger partial charge in [-0.3, -0.25) is 14.4 Å². The third-order valence-corrected chi connectivity index (χ3v) is 5.08. The second-order valence-corrected chi connectivity index (χ2v) is 6.81. The molecule has 1 saturated heterocycles. The Hall–Kier alpha value is -2.41. The number of rotatable bonds is 4. The van der Waals surface area contributed by atoms with Gasteiger partial charge in [-0.2, -0.15) is 0 Å². The van der Waals surface area contributed by atoms with Crippen LogP contribution >= 0.6 is 0 Å². The number of nitrogens with zero attached hydrogens (tertiary/aromatic N) is 2. The number of benzene rings is 1. The fraction of sp³-hybridized carbons (Fsp3) is 0.526. The highest BCUT2D eigenvalue weighted by Gasteiger charge is 2.33. The fourth-order valence-electron chi connectivity index (χ4n) is 3.81. The summed E-state index contributed by atoms with van der Waals surface area (Å²) in [6.45, 7) is 3.20. The summed E-state index contributed by atoms with van der Waals surface area (Å²) < 4.78 is 5.44. The highest BCUT2D eigenvalue weighted by molar-refractivity contribution is 5.80. The molecule has 0 aliphatic carbocycles. The van der Waals surface area contributed by atoms with E-state index in [1.165, 1.54) is 12.5 Å². The average Bonchev–Trinajstić information content (AvgIpc) is 2.61. The number of fused-ring (bicyclic) bond motifs is 1. The first kappa shape index (κ1) is 18.4. The minimum absolute atomic E-state index is 0.0389. The molecule has 2 aliphatic rings. The quantitative estimate of drug-likeness (QED) is 0.872. The molecule has 0 saturated carbocycles. The fourth-order valence-corrected chi connectivity index (χ4v) is 3.81. The van der Waals surface area contributed by atoms with Crippen molar-refractivity contribution in [1.82, 2.24) is 9.80 Å². The van der Waals surface area contributed by atoms with Crippen molar-refractivity contribution in [2.24, 2.45) is 0 Å². The van der Waals surface area contributed by atoms with Gasteiger partial charge in [0, 0.05) is 26.6 Å². The van der Waals surface area contributed by atoms with Gasteiger partial charge in [0.1, 0.15) is 0 Å². The lowest BCUT2D eigenvalue weighted by atomic mass is 9.90. The van der Waals surface area contributed by atoms with Gasteiger partial charge in [0.2, 0.25) is 11.8 Å². The zero-order valence-electron chi connectivity index (χ0n) is 14.9. The molecule has 0 spiro atoms. The number of carbonyl (C=O) groups is 3. The van der Waals surface area contributed by atoms with Crippen molar-refractivity contribution in [3.05, 3.63) is 35.4 Å². The van der Waals surface area contributed by atoms with E-state index in [0.29, 0.717) is 19.7 Å². The highest BCUT2D eigenvalue weighted by atomic mass is 16.5. The summed E-state index contributed by atoms with van der Waals surface area (Å²) in [5, 5.41) is 8.93. The summed E-state index contributed by atoms with van der Waals surface area (Å²) in [5.41, 5.74) is 2.20. The molecule has 2 unspecified atom stereocenters. The lowest BCUT2D eigenvalue weighted by Crippen LogP contribution is -2.48. The summed E-state index contributed by atoms with van der Waals surface area (Å²) >= 11 is 0. The van der Waals surface area contributed by atoms with E-state index in [2.05, 4.69) is 0 Å². The number of ether oxygens (including phenoxy) is 1. The minimum atomic E-state index is -0.937. The highest BCUT2D eigenvalue weighted by Crippen LogP contribution is 2.33. The van der Waals surface area contributed by atoms with E-state index in [1.807, 2.05) is 24.3 Å². The predicted octanol–water partition coefficient (Wildman–Crippen LogP) is 1.22. The van der Waals surface area contributed by atoms with Crippen molar-refractivity contribution >= 4 is 17.8 Å². The third kappa shape index (κ3) is 4.04. The van der Waals surface area contributed by atoms with Crippen LogP contribution in [0.3, 0.4) is 0 Å². The van der Waals surface area contributed by atoms with Gasteiger partial charge in [-0.1, -0.05) is 24.3 Å². The molecule has 1 aromatic rings. The topological polar surface area (TPSA) is 87.2 Å². The SMILES string of the molecule is CC(=O)N1CCc2ccccc2C1CC(=O)N1CCOC(CC(=O)O)C1. The zero-order valence-corrected chi connectivity index (χ0v) is 14.9. The average molecular weight is 360 g/mol. The van der Waals surface area contributed by atoms with Crippen molar-refractivity contribution in [2.45, 2.75) is 38.3 Å². The van der Waals surface area contributed by atoms with E-state index in [-0.39, 0.29) is 37.2 Å². The van der Waals surface area contributed by atoms with Crippen molar-refractivity contribution in [1.29, 1.82) is 0 Å². The summed E-state index contributed by atoms with van der Waals surface area (Å²) in [6.07, 6.45) is 0.401. The number of amides is 2. The largest absolute Gasteiger partial charge is 0.481 e. The Morgan fingerprint density at radius 2 is 1.96 bits per heavy atom. The van der Waals surface area contributed by atoms with Crippen molar-refractivity contribution in [3.63, 3.8) is 0 Å². The van der Waals surface area contributed by atoms with Crippen LogP contribution in [0.5, 0.6) is 0 Å². The Morgan fingerprint density at radius 3 is 2.69 bits per heavy atom. The molecular formula is C19H24N2O5. The molecule has 3 rings (SSSR count). The first-order valence-electron chi connectivity index (χ1n) is 8.92. The molecule has 1 aromatic carbocycles. The van der Waals surface area contributed by atoms with E-state index >= 15 is 0 Å². The summed E-state index contributed by atoms with van der Waals surface area (Å²) in [6, 6.07) is 7.65. The molecule has 26 heavy (non-hydrogen) atoms. The molecular weight excluding hydrogens is 336 g/mol. The molecule has 2 aliphatic heterocycles. The Balaban J connectivity index is 1.74. The predicted molar refractivity (Wildman–Crippen MR) is 93.5 cm³/mol. The molecule has 0 radical (unpaired) electrons. The molecule has 0 aromatic heterocycles. The number of carboxylic acid groups (broad SMARTS) is 1. The van der Waals surface area contributed by atoms with Gasteiger partial charge in [-0.25, -0.2) is 0 Å². The number of aliphatic carboxylic acids is 1. The first-order valence-corrected chi connectivity index (χ1v) is 8.92. The van der Waals surface area contributed by atoms with E-state index < -0.39 is 12.1 Å². The van der Waals surface area contributed by atoms with E-state index in [1.54, 1.807) is 9.80 Å². The van der Waals surface area contributed by atoms with Crippen LogP contribution in [0.15, 0.2) is 24.3 Å². The van der Waals surface area contributed by atoms with Crippen LogP contribution < -0.4 is 0 Å². The van der Waals surface area contributed by atoms with Crippen LogP contribution in [0.2, 0.25) is 0 Å². The van der Waals surface area contributed by atoms with Gasteiger partial charge in [0.05, 0.1) is 31.6 Å². The van der Waals surface area contributed by atoms with Crippen molar-refractivity contribution in [3.8, 4) is 0 Å². The molecule has 2 atom stereocenters. The van der Waals surface area contributed by atoms with Crippen molar-refractivity contribution < 1.29 is 24.2 Å². The van der Waals surface area contributed by atoms with Gasteiger partial charge in [0.15, 0.2) is 0 Å². The molecule has 7 heteroatoms. The molecule has 0 bridgehead atoms. The molecule has 140 valence electrons. The standard InChI is InChI=1S/C19H24N2O5/c1-13(22)21-7-6-14-4-2-3-5-16(14)17(21)11-18(23)20-8-9-26-15(12-20)10-19(24)25/h2-5,15,17H,6-12H2,1H3,(H,24,25). The Labute approximate surface area is 152 Å². The normalized spacial score (nSPS) is 22.7. The van der Waals surface area contributed by atoms with Gasteiger partial charge in [0.25, 0.3) is 0 Å². The van der Waals surface area contributed by atoms with Gasteiger partial charge >= 0.3 is 5.97 Å². The maximum Gasteiger partial charge on any atom is 0.306 e. The van der Waals surface area contributed by atoms with Crippen LogP contribution in [0.4, 0.5) is 0 Å². The number of hydrogen-bond acceptors (Lipinski definition) is 4. The monoisotopic (exact) mass is 360 g/mol. The molecule has 1 N–H and O–H groups in total. The van der Waals surface area contributed by atoms with Gasteiger partial charge < -0.3 is 19.6 Å². The van der Waals surface area contributed by atoms with Crippen LogP contribution in [0.1, 0.15) is 36.9 Å². The zero-order chi connectivity index (χ0) is 18.7. The number of morpholine rings is 1. The molecule has 2 heterocycles. The second kappa shape index (κ2) is 7.86. The van der Waals surface area contributed by atoms with E-state index in [4.69, 9.17) is 9.84 Å². The number of hydrogen-bond donors (Lipinski definition) is 1. The van der Waals surface area contributed by atoms with Crippen LogP contribution in [0, 0.1) is 0 Å². The Morgan fingerprint density at radius 1 is 1.19 bits per heavy atom. The Bertz CT molecular complexity index is 705.